The van der Waals surface area contributed by atoms with E-state index >= 15 is 0 Å². The van der Waals surface area contributed by atoms with Crippen molar-refractivity contribution in [3.63, 3.8) is 0 Å². The highest BCUT2D eigenvalue weighted by Gasteiger charge is 2.29. The molecular weight excluding hydrogens is 415 g/mol. The number of phenols is 1. The Hall–Kier alpha value is -3.95. The number of fused-ring (bicyclic) bond motifs is 1. The van der Waals surface area contributed by atoms with E-state index in [1.54, 1.807) is 24.4 Å². The van der Waals surface area contributed by atoms with Gasteiger partial charge < -0.3 is 15.7 Å². The van der Waals surface area contributed by atoms with E-state index in [4.69, 9.17) is 5.73 Å². The third-order valence-electron chi connectivity index (χ3n) is 6.27. The molecule has 3 N–H and O–H groups in total. The molecule has 0 bridgehead atoms. The van der Waals surface area contributed by atoms with E-state index < -0.39 is 0 Å². The fourth-order valence-electron chi connectivity index (χ4n) is 4.56. The molecule has 0 spiro atoms. The van der Waals surface area contributed by atoms with Crippen LogP contribution in [0, 0.1) is 30.0 Å². The summed E-state index contributed by atoms with van der Waals surface area (Å²) in [4.78, 5) is 6.92. The Balaban J connectivity index is 1.74. The highest BCUT2D eigenvalue weighted by atomic mass is 19.1. The quantitative estimate of drug-likeness (QED) is 0.469. The first-order valence-corrected chi connectivity index (χ1v) is 10.9. The van der Waals surface area contributed by atoms with Gasteiger partial charge in [0, 0.05) is 41.7 Å². The lowest BCUT2D eigenvalue weighted by Gasteiger charge is -2.42. The number of halogens is 1. The van der Waals surface area contributed by atoms with Crippen molar-refractivity contribution in [2.75, 3.05) is 24.5 Å². The molecule has 0 radical (unpaired) electrons. The largest absolute Gasteiger partial charge is 0.506 e. The van der Waals surface area contributed by atoms with Gasteiger partial charge in [0.05, 0.1) is 16.8 Å². The summed E-state index contributed by atoms with van der Waals surface area (Å²) >= 11 is 0. The van der Waals surface area contributed by atoms with Crippen molar-refractivity contribution in [1.82, 2.24) is 4.98 Å². The molecule has 3 aromatic carbocycles. The normalized spacial score (nSPS) is 13.7. The van der Waals surface area contributed by atoms with E-state index in [9.17, 15) is 14.8 Å². The molecule has 1 saturated heterocycles. The number of nitrogens with two attached hydrogens (primary N) is 1. The second-order valence-electron chi connectivity index (χ2n) is 8.59. The lowest BCUT2D eigenvalue weighted by molar-refractivity contribution is 0.421. The first-order valence-electron chi connectivity index (χ1n) is 10.9. The second-order valence-corrected chi connectivity index (χ2v) is 8.59. The zero-order valence-corrected chi connectivity index (χ0v) is 18.2. The van der Waals surface area contributed by atoms with E-state index in [0.29, 0.717) is 18.0 Å². The number of aromatic nitrogens is 1. The molecule has 4 aromatic rings. The van der Waals surface area contributed by atoms with Crippen molar-refractivity contribution in [2.24, 2.45) is 11.7 Å². The molecule has 33 heavy (non-hydrogen) atoms. The number of benzene rings is 3. The monoisotopic (exact) mass is 438 g/mol. The Morgan fingerprint density at radius 2 is 1.94 bits per heavy atom. The molecule has 2 heterocycles. The Morgan fingerprint density at radius 3 is 2.67 bits per heavy atom. The first-order chi connectivity index (χ1) is 16.0. The molecule has 1 fully saturated rings. The van der Waals surface area contributed by atoms with Crippen LogP contribution in [0.4, 0.5) is 10.1 Å². The topological polar surface area (TPSA) is 86.2 Å². The Kier molecular flexibility index (Phi) is 5.20. The van der Waals surface area contributed by atoms with Crippen molar-refractivity contribution >= 4 is 16.6 Å². The van der Waals surface area contributed by atoms with E-state index in [-0.39, 0.29) is 17.1 Å². The summed E-state index contributed by atoms with van der Waals surface area (Å²) in [6, 6.07) is 17.9. The maximum atomic E-state index is 14.3. The van der Waals surface area contributed by atoms with Gasteiger partial charge in [-0.15, -0.1) is 0 Å². The number of para-hydroxylation sites is 1. The molecule has 1 aliphatic heterocycles. The average Bonchev–Trinajstić information content (AvgIpc) is 2.77. The number of rotatable bonds is 4. The zero-order chi connectivity index (χ0) is 23.1. The Bertz CT molecular complexity index is 1400. The van der Waals surface area contributed by atoms with Crippen molar-refractivity contribution < 1.29 is 9.50 Å². The van der Waals surface area contributed by atoms with Crippen LogP contribution in [0.5, 0.6) is 5.75 Å². The third-order valence-corrected chi connectivity index (χ3v) is 6.27. The molecule has 5 rings (SSSR count). The van der Waals surface area contributed by atoms with E-state index in [0.717, 1.165) is 51.9 Å². The van der Waals surface area contributed by atoms with E-state index in [1.165, 1.54) is 12.1 Å². The molecule has 1 aliphatic rings. The standard InChI is InChI=1S/C27H23FN4O/c1-16-7-20(9-21(28)8-16)24-13-31-25-6-5-18(22-4-2-3-19(12-30)27(22)33)10-23(25)26(24)32-14-17(11-29)15-32/h2-10,13,17,33H,11,14-15,29H2,1H3. The molecule has 0 saturated carbocycles. The zero-order valence-electron chi connectivity index (χ0n) is 18.2. The highest BCUT2D eigenvalue weighted by Crippen LogP contribution is 2.42. The lowest BCUT2D eigenvalue weighted by atomic mass is 9.92. The predicted octanol–water partition coefficient (Wildman–Crippen LogP) is 4.99. The number of anilines is 1. The van der Waals surface area contributed by atoms with Crippen molar-refractivity contribution in [3.05, 3.63) is 77.7 Å². The van der Waals surface area contributed by atoms with Gasteiger partial charge in [0.25, 0.3) is 0 Å². The summed E-state index contributed by atoms with van der Waals surface area (Å²) in [5.41, 5.74) is 11.7. The minimum Gasteiger partial charge on any atom is -0.506 e. The number of pyridine rings is 1. The van der Waals surface area contributed by atoms with E-state index in [2.05, 4.69) is 9.88 Å². The van der Waals surface area contributed by atoms with Gasteiger partial charge in [0.2, 0.25) is 0 Å². The predicted molar refractivity (Wildman–Crippen MR) is 128 cm³/mol. The highest BCUT2D eigenvalue weighted by molar-refractivity contribution is 6.02. The molecule has 164 valence electrons. The molecule has 6 heteroatoms. The maximum Gasteiger partial charge on any atom is 0.141 e. The number of aromatic hydroxyl groups is 1. The van der Waals surface area contributed by atoms with Crippen molar-refractivity contribution in [2.45, 2.75) is 6.92 Å². The van der Waals surface area contributed by atoms with Crippen LogP contribution in [0.15, 0.2) is 60.8 Å². The Labute approximate surface area is 191 Å². The van der Waals surface area contributed by atoms with Crippen LogP contribution in [0.25, 0.3) is 33.2 Å². The molecule has 0 unspecified atom stereocenters. The van der Waals surface area contributed by atoms with Crippen LogP contribution < -0.4 is 10.6 Å². The van der Waals surface area contributed by atoms with Gasteiger partial charge in [-0.2, -0.15) is 5.26 Å². The number of nitrogens with zero attached hydrogens (tertiary/aromatic N) is 3. The number of hydrogen-bond donors (Lipinski definition) is 2. The molecule has 5 nitrogen and oxygen atoms in total. The maximum absolute atomic E-state index is 14.3. The van der Waals surface area contributed by atoms with Crippen LogP contribution in [0.3, 0.4) is 0 Å². The van der Waals surface area contributed by atoms with Crippen LogP contribution in [-0.2, 0) is 0 Å². The molecular formula is C27H23FN4O. The van der Waals surface area contributed by atoms with Crippen molar-refractivity contribution in [1.29, 1.82) is 5.26 Å². The average molecular weight is 439 g/mol. The van der Waals surface area contributed by atoms with Gasteiger partial charge in [-0.25, -0.2) is 4.39 Å². The van der Waals surface area contributed by atoms with Gasteiger partial charge in [-0.1, -0.05) is 24.3 Å². The molecule has 0 atom stereocenters. The lowest BCUT2D eigenvalue weighted by Crippen LogP contribution is -2.50. The SMILES string of the molecule is Cc1cc(F)cc(-c2cnc3ccc(-c4cccc(C#N)c4O)cc3c2N2CC(CN)C2)c1. The fourth-order valence-corrected chi connectivity index (χ4v) is 4.56. The summed E-state index contributed by atoms with van der Waals surface area (Å²) in [6.45, 7) is 4.12. The summed E-state index contributed by atoms with van der Waals surface area (Å²) in [7, 11) is 0. The van der Waals surface area contributed by atoms with Crippen LogP contribution in [0.2, 0.25) is 0 Å². The minimum atomic E-state index is -0.286. The molecule has 1 aromatic heterocycles. The second kappa shape index (κ2) is 8.19. The van der Waals surface area contributed by atoms with Gasteiger partial charge in [0.15, 0.2) is 0 Å². The Morgan fingerprint density at radius 1 is 1.12 bits per heavy atom. The van der Waals surface area contributed by atoms with Gasteiger partial charge in [-0.05, 0) is 60.5 Å². The minimum absolute atomic E-state index is 0.0436. The number of phenolic OH excluding ortho intramolecular Hbond substituents is 1. The fraction of sp³-hybridized carbons (Fsp3) is 0.185. The third kappa shape index (κ3) is 3.67. The van der Waals surface area contributed by atoms with E-state index in [1.807, 2.05) is 37.3 Å². The molecule has 0 aliphatic carbocycles. The van der Waals surface area contributed by atoms with Gasteiger partial charge in [-0.3, -0.25) is 4.98 Å². The van der Waals surface area contributed by atoms with Gasteiger partial charge >= 0.3 is 0 Å². The summed E-state index contributed by atoms with van der Waals surface area (Å²) in [6.07, 6.45) is 1.80. The van der Waals surface area contributed by atoms with Crippen LogP contribution in [0.1, 0.15) is 11.1 Å². The first kappa shape index (κ1) is 20.9. The summed E-state index contributed by atoms with van der Waals surface area (Å²) in [5, 5.41) is 20.8. The van der Waals surface area contributed by atoms with Crippen LogP contribution >= 0.6 is 0 Å². The number of aryl methyl sites for hydroxylation is 1. The van der Waals surface area contributed by atoms with Gasteiger partial charge in [0.1, 0.15) is 17.6 Å². The number of nitriles is 1. The number of hydrogen-bond acceptors (Lipinski definition) is 5. The summed E-state index contributed by atoms with van der Waals surface area (Å²) < 4.78 is 14.3. The summed E-state index contributed by atoms with van der Waals surface area (Å²) in [5.74, 6) is 0.0826. The van der Waals surface area contributed by atoms with Crippen molar-refractivity contribution in [3.8, 4) is 34.1 Å². The smallest absolute Gasteiger partial charge is 0.141 e. The molecule has 0 amide bonds. The van der Waals surface area contributed by atoms with Crippen LogP contribution in [-0.4, -0.2) is 29.7 Å².